The molecule has 1 fully saturated rings. The average molecular weight is 272 g/mol. The molecule has 2 aromatic rings. The Morgan fingerprint density at radius 1 is 1.30 bits per heavy atom. The van der Waals surface area contributed by atoms with Gasteiger partial charge in [-0.3, -0.25) is 4.90 Å². The molecule has 1 atom stereocenters. The van der Waals surface area contributed by atoms with Gasteiger partial charge in [-0.25, -0.2) is 9.97 Å². The van der Waals surface area contributed by atoms with Gasteiger partial charge in [0.25, 0.3) is 0 Å². The molecule has 1 aliphatic rings. The Morgan fingerprint density at radius 3 is 2.90 bits per heavy atom. The van der Waals surface area contributed by atoms with Crippen molar-refractivity contribution in [3.05, 3.63) is 36.4 Å². The van der Waals surface area contributed by atoms with Gasteiger partial charge in [0.2, 0.25) is 0 Å². The summed E-state index contributed by atoms with van der Waals surface area (Å²) in [7, 11) is 0. The van der Waals surface area contributed by atoms with Crippen molar-refractivity contribution in [3.8, 4) is 11.6 Å². The third kappa shape index (κ3) is 3.23. The van der Waals surface area contributed by atoms with E-state index in [1.165, 1.54) is 12.8 Å². The number of furan rings is 1. The van der Waals surface area contributed by atoms with Crippen molar-refractivity contribution < 1.29 is 4.42 Å². The predicted octanol–water partition coefficient (Wildman–Crippen LogP) is 2.05. The van der Waals surface area contributed by atoms with Crippen molar-refractivity contribution in [1.29, 1.82) is 0 Å². The molecule has 2 N–H and O–H groups in total. The summed E-state index contributed by atoms with van der Waals surface area (Å²) in [5, 5.41) is 0. The van der Waals surface area contributed by atoms with E-state index >= 15 is 0 Å². The van der Waals surface area contributed by atoms with Crippen LogP contribution in [-0.2, 0) is 6.54 Å². The summed E-state index contributed by atoms with van der Waals surface area (Å²) < 4.78 is 5.29. The van der Waals surface area contributed by atoms with Gasteiger partial charge in [0.05, 0.1) is 6.26 Å². The van der Waals surface area contributed by atoms with Crippen LogP contribution >= 0.6 is 0 Å². The van der Waals surface area contributed by atoms with E-state index in [0.717, 1.165) is 31.6 Å². The van der Waals surface area contributed by atoms with E-state index in [4.69, 9.17) is 10.2 Å². The van der Waals surface area contributed by atoms with Gasteiger partial charge in [0.1, 0.15) is 0 Å². The summed E-state index contributed by atoms with van der Waals surface area (Å²) in [4.78, 5) is 11.1. The molecule has 0 radical (unpaired) electrons. The topological polar surface area (TPSA) is 68.2 Å². The minimum atomic E-state index is 0.292. The third-order valence-electron chi connectivity index (χ3n) is 3.65. The van der Waals surface area contributed by atoms with Gasteiger partial charge in [-0.2, -0.15) is 0 Å². The van der Waals surface area contributed by atoms with Gasteiger partial charge in [-0.05, 0) is 31.5 Å². The van der Waals surface area contributed by atoms with Crippen molar-refractivity contribution in [2.75, 3.05) is 13.1 Å². The van der Waals surface area contributed by atoms with E-state index in [9.17, 15) is 0 Å². The minimum absolute atomic E-state index is 0.292. The lowest BCUT2D eigenvalue weighted by molar-refractivity contribution is 0.264. The first-order valence-corrected chi connectivity index (χ1v) is 7.14. The average Bonchev–Trinajstić information content (AvgIpc) is 2.91. The fourth-order valence-electron chi connectivity index (χ4n) is 2.63. The summed E-state index contributed by atoms with van der Waals surface area (Å²) in [5.74, 6) is 1.33. The zero-order valence-corrected chi connectivity index (χ0v) is 11.5. The minimum Gasteiger partial charge on any atom is -0.461 e. The highest BCUT2D eigenvalue weighted by atomic mass is 16.3. The number of likely N-dealkylation sites (tertiary alicyclic amines) is 1. The fourth-order valence-corrected chi connectivity index (χ4v) is 2.63. The van der Waals surface area contributed by atoms with Crippen molar-refractivity contribution in [1.82, 2.24) is 14.9 Å². The Morgan fingerprint density at radius 2 is 2.15 bits per heavy atom. The maximum Gasteiger partial charge on any atom is 0.195 e. The van der Waals surface area contributed by atoms with Gasteiger partial charge >= 0.3 is 0 Å². The zero-order chi connectivity index (χ0) is 13.8. The molecule has 1 unspecified atom stereocenters. The molecule has 1 aliphatic heterocycles. The molecule has 0 aliphatic carbocycles. The summed E-state index contributed by atoms with van der Waals surface area (Å²) in [6, 6.07) is 3.99. The fraction of sp³-hybridized carbons (Fsp3) is 0.467. The molecule has 3 heterocycles. The van der Waals surface area contributed by atoms with E-state index in [0.29, 0.717) is 17.6 Å². The van der Waals surface area contributed by atoms with Crippen LogP contribution in [0.2, 0.25) is 0 Å². The van der Waals surface area contributed by atoms with Crippen LogP contribution in [0.25, 0.3) is 11.6 Å². The first-order chi connectivity index (χ1) is 9.81. The highest BCUT2D eigenvalue weighted by Crippen LogP contribution is 2.16. The molecule has 1 saturated heterocycles. The molecule has 106 valence electrons. The summed E-state index contributed by atoms with van der Waals surface area (Å²) in [5.41, 5.74) is 7.20. The highest BCUT2D eigenvalue weighted by molar-refractivity contribution is 5.45. The smallest absolute Gasteiger partial charge is 0.195 e. The number of aromatic nitrogens is 2. The molecular formula is C15H20N4O. The van der Waals surface area contributed by atoms with Crippen molar-refractivity contribution in [2.24, 2.45) is 5.73 Å². The maximum atomic E-state index is 6.08. The molecular weight excluding hydrogens is 252 g/mol. The Labute approximate surface area is 118 Å². The van der Waals surface area contributed by atoms with Crippen molar-refractivity contribution in [3.63, 3.8) is 0 Å². The van der Waals surface area contributed by atoms with Crippen LogP contribution in [0.1, 0.15) is 24.8 Å². The van der Waals surface area contributed by atoms with Gasteiger partial charge in [-0.15, -0.1) is 0 Å². The number of nitrogens with zero attached hydrogens (tertiary/aromatic N) is 3. The number of hydrogen-bond donors (Lipinski definition) is 1. The summed E-state index contributed by atoms with van der Waals surface area (Å²) >= 11 is 0. The van der Waals surface area contributed by atoms with E-state index < -0.39 is 0 Å². The second-order valence-electron chi connectivity index (χ2n) is 5.38. The van der Waals surface area contributed by atoms with Crippen LogP contribution < -0.4 is 5.73 Å². The van der Waals surface area contributed by atoms with E-state index in [2.05, 4.69) is 14.9 Å². The molecule has 5 heteroatoms. The molecule has 0 bridgehead atoms. The lowest BCUT2D eigenvalue weighted by atomic mass is 10.2. The van der Waals surface area contributed by atoms with Gasteiger partial charge in [-0.1, -0.05) is 6.42 Å². The Bertz CT molecular complexity index is 523. The molecule has 2 aromatic heterocycles. The van der Waals surface area contributed by atoms with Gasteiger partial charge in [0.15, 0.2) is 11.6 Å². The number of hydrogen-bond acceptors (Lipinski definition) is 5. The first kappa shape index (κ1) is 13.3. The quantitative estimate of drug-likeness (QED) is 0.926. The second-order valence-corrected chi connectivity index (χ2v) is 5.38. The van der Waals surface area contributed by atoms with Crippen LogP contribution in [0.3, 0.4) is 0 Å². The Hall–Kier alpha value is -1.72. The van der Waals surface area contributed by atoms with Gasteiger partial charge < -0.3 is 10.2 Å². The monoisotopic (exact) mass is 272 g/mol. The van der Waals surface area contributed by atoms with Crippen molar-refractivity contribution >= 4 is 0 Å². The SMILES string of the molecule is NC1CCCCN(Cc2cnc(-c3ccco3)nc2)C1. The predicted molar refractivity (Wildman–Crippen MR) is 76.8 cm³/mol. The van der Waals surface area contributed by atoms with Crippen LogP contribution in [0.5, 0.6) is 0 Å². The molecule has 20 heavy (non-hydrogen) atoms. The number of rotatable bonds is 3. The lowest BCUT2D eigenvalue weighted by Gasteiger charge is -2.21. The second kappa shape index (κ2) is 6.15. The maximum absolute atomic E-state index is 6.08. The molecule has 0 aromatic carbocycles. The molecule has 5 nitrogen and oxygen atoms in total. The first-order valence-electron chi connectivity index (χ1n) is 7.14. The molecule has 0 amide bonds. The Kier molecular flexibility index (Phi) is 4.08. The zero-order valence-electron chi connectivity index (χ0n) is 11.5. The normalized spacial score (nSPS) is 20.8. The number of nitrogens with two attached hydrogens (primary N) is 1. The summed E-state index contributed by atoms with van der Waals surface area (Å²) in [6.07, 6.45) is 8.96. The van der Waals surface area contributed by atoms with Crippen LogP contribution in [0.15, 0.2) is 35.2 Å². The highest BCUT2D eigenvalue weighted by Gasteiger charge is 2.15. The molecule has 0 spiro atoms. The van der Waals surface area contributed by atoms with Crippen molar-refractivity contribution in [2.45, 2.75) is 31.8 Å². The summed E-state index contributed by atoms with van der Waals surface area (Å²) in [6.45, 7) is 2.93. The third-order valence-corrected chi connectivity index (χ3v) is 3.65. The largest absolute Gasteiger partial charge is 0.461 e. The Balaban J connectivity index is 1.65. The van der Waals surface area contributed by atoms with E-state index in [1.54, 1.807) is 6.26 Å². The van der Waals surface area contributed by atoms with Gasteiger partial charge in [0, 0.05) is 37.1 Å². The standard InChI is InChI=1S/C15H20N4O/c16-13-4-1-2-6-19(11-13)10-12-8-17-15(18-9-12)14-5-3-7-20-14/h3,5,7-9,13H,1-2,4,6,10-11,16H2. The van der Waals surface area contributed by atoms with Crippen LogP contribution in [-0.4, -0.2) is 34.0 Å². The lowest BCUT2D eigenvalue weighted by Crippen LogP contribution is -2.35. The van der Waals surface area contributed by atoms with Crippen LogP contribution in [0.4, 0.5) is 0 Å². The van der Waals surface area contributed by atoms with Crippen LogP contribution in [0, 0.1) is 0 Å². The molecule has 3 rings (SSSR count). The van der Waals surface area contributed by atoms with E-state index in [1.807, 2.05) is 24.5 Å². The molecule has 0 saturated carbocycles. The van der Waals surface area contributed by atoms with E-state index in [-0.39, 0.29) is 0 Å².